The number of amides is 2. The summed E-state index contributed by atoms with van der Waals surface area (Å²) in [6, 6.07) is 11.2. The summed E-state index contributed by atoms with van der Waals surface area (Å²) in [5.74, 6) is 0.397. The van der Waals surface area contributed by atoms with Crippen LogP contribution in [0.4, 0.5) is 10.5 Å². The van der Waals surface area contributed by atoms with Gasteiger partial charge in [-0.2, -0.15) is 0 Å². The van der Waals surface area contributed by atoms with Gasteiger partial charge in [-0.3, -0.25) is 4.98 Å². The number of hydrogen-bond donors (Lipinski definition) is 2. The van der Waals surface area contributed by atoms with Crippen molar-refractivity contribution < 1.29 is 4.79 Å². The summed E-state index contributed by atoms with van der Waals surface area (Å²) in [7, 11) is 0. The van der Waals surface area contributed by atoms with E-state index in [1.807, 2.05) is 36.4 Å². The molecule has 5 heteroatoms. The lowest BCUT2D eigenvalue weighted by atomic mass is 10.1. The third-order valence-corrected chi connectivity index (χ3v) is 2.73. The first-order chi connectivity index (χ1) is 9.29. The van der Waals surface area contributed by atoms with Crippen molar-refractivity contribution in [3.05, 3.63) is 48.8 Å². The lowest BCUT2D eigenvalue weighted by Gasteiger charge is -2.07. The van der Waals surface area contributed by atoms with Crippen molar-refractivity contribution in [2.75, 3.05) is 17.7 Å². The lowest BCUT2D eigenvalue weighted by Crippen LogP contribution is -2.30. The van der Waals surface area contributed by atoms with Crippen molar-refractivity contribution in [3.63, 3.8) is 0 Å². The Morgan fingerprint density at radius 1 is 1.05 bits per heavy atom. The smallest absolute Gasteiger partial charge is 0.319 e. The highest BCUT2D eigenvalue weighted by atomic mass is 35.5. The van der Waals surface area contributed by atoms with E-state index in [1.54, 1.807) is 12.4 Å². The molecular weight excluding hydrogens is 262 g/mol. The molecule has 0 aliphatic heterocycles. The molecule has 0 aliphatic carbocycles. The van der Waals surface area contributed by atoms with Gasteiger partial charge in [-0.25, -0.2) is 4.79 Å². The molecule has 0 radical (unpaired) electrons. The topological polar surface area (TPSA) is 54.0 Å². The molecule has 0 unspecified atom stereocenters. The molecule has 2 rings (SSSR count). The van der Waals surface area contributed by atoms with Crippen molar-refractivity contribution in [1.29, 1.82) is 0 Å². The van der Waals surface area contributed by atoms with E-state index >= 15 is 0 Å². The second-order valence-corrected chi connectivity index (χ2v) is 4.26. The van der Waals surface area contributed by atoms with Crippen LogP contribution in [-0.2, 0) is 0 Å². The fourth-order valence-electron chi connectivity index (χ4n) is 1.63. The molecule has 2 amide bonds. The zero-order chi connectivity index (χ0) is 13.5. The zero-order valence-corrected chi connectivity index (χ0v) is 11.0. The van der Waals surface area contributed by atoms with Gasteiger partial charge in [-0.1, -0.05) is 12.1 Å². The second-order valence-electron chi connectivity index (χ2n) is 3.88. The van der Waals surface area contributed by atoms with E-state index in [4.69, 9.17) is 11.6 Å². The number of benzene rings is 1. The van der Waals surface area contributed by atoms with Crippen LogP contribution in [-0.4, -0.2) is 23.4 Å². The first-order valence-electron chi connectivity index (χ1n) is 5.91. The van der Waals surface area contributed by atoms with Crippen LogP contribution in [0.2, 0.25) is 0 Å². The fraction of sp³-hybridized carbons (Fsp3) is 0.143. The Morgan fingerprint density at radius 2 is 1.68 bits per heavy atom. The minimum atomic E-state index is -0.252. The quantitative estimate of drug-likeness (QED) is 0.843. The molecule has 0 saturated heterocycles. The average molecular weight is 276 g/mol. The summed E-state index contributed by atoms with van der Waals surface area (Å²) in [6.45, 7) is 0.447. The van der Waals surface area contributed by atoms with Gasteiger partial charge in [0, 0.05) is 30.5 Å². The highest BCUT2D eigenvalue weighted by Crippen LogP contribution is 2.20. The number of hydrogen-bond acceptors (Lipinski definition) is 2. The first kappa shape index (κ1) is 13.4. The summed E-state index contributed by atoms with van der Waals surface area (Å²) in [5.41, 5.74) is 2.91. The largest absolute Gasteiger partial charge is 0.337 e. The van der Waals surface area contributed by atoms with Crippen LogP contribution < -0.4 is 10.6 Å². The van der Waals surface area contributed by atoms with Crippen molar-refractivity contribution in [3.8, 4) is 11.1 Å². The zero-order valence-electron chi connectivity index (χ0n) is 10.3. The number of nitrogens with zero attached hydrogens (tertiary/aromatic N) is 1. The minimum Gasteiger partial charge on any atom is -0.337 e. The molecule has 2 N–H and O–H groups in total. The Balaban J connectivity index is 2.01. The van der Waals surface area contributed by atoms with E-state index in [2.05, 4.69) is 15.6 Å². The summed E-state index contributed by atoms with van der Waals surface area (Å²) < 4.78 is 0. The molecule has 0 spiro atoms. The van der Waals surface area contributed by atoms with Gasteiger partial charge < -0.3 is 10.6 Å². The number of alkyl halides is 1. The van der Waals surface area contributed by atoms with Gasteiger partial charge in [0.2, 0.25) is 0 Å². The molecule has 1 heterocycles. The van der Waals surface area contributed by atoms with Crippen molar-refractivity contribution in [1.82, 2.24) is 10.3 Å². The Hall–Kier alpha value is -2.07. The van der Waals surface area contributed by atoms with Crippen LogP contribution in [0, 0.1) is 0 Å². The number of carbonyl (C=O) groups is 1. The molecule has 1 aromatic heterocycles. The molecule has 0 saturated carbocycles. The van der Waals surface area contributed by atoms with Gasteiger partial charge in [-0.05, 0) is 35.4 Å². The first-order valence-corrected chi connectivity index (χ1v) is 6.44. The Morgan fingerprint density at radius 3 is 2.32 bits per heavy atom. The van der Waals surface area contributed by atoms with Gasteiger partial charge in [0.1, 0.15) is 0 Å². The number of rotatable bonds is 4. The normalized spacial score (nSPS) is 9.95. The molecule has 4 nitrogen and oxygen atoms in total. The number of urea groups is 1. The third kappa shape index (κ3) is 3.96. The van der Waals surface area contributed by atoms with Crippen LogP contribution in [0.1, 0.15) is 0 Å². The second kappa shape index (κ2) is 6.75. The maximum atomic E-state index is 11.4. The van der Waals surface area contributed by atoms with E-state index in [0.717, 1.165) is 16.8 Å². The Bertz CT molecular complexity index is 528. The minimum absolute atomic E-state index is 0.252. The number of carbonyl (C=O) groups excluding carboxylic acids is 1. The summed E-state index contributed by atoms with van der Waals surface area (Å²) >= 11 is 5.49. The number of halogens is 1. The van der Waals surface area contributed by atoms with E-state index in [-0.39, 0.29) is 6.03 Å². The highest BCUT2D eigenvalue weighted by molar-refractivity contribution is 6.18. The fourth-order valence-corrected chi connectivity index (χ4v) is 1.72. The molecule has 19 heavy (non-hydrogen) atoms. The number of pyridine rings is 1. The number of anilines is 1. The molecular formula is C14H14ClN3O. The molecule has 2 aromatic rings. The molecule has 0 aliphatic rings. The monoisotopic (exact) mass is 275 g/mol. The van der Waals surface area contributed by atoms with Gasteiger partial charge in [0.05, 0.1) is 0 Å². The predicted octanol–water partition coefficient (Wildman–Crippen LogP) is 3.11. The maximum absolute atomic E-state index is 11.4. The summed E-state index contributed by atoms with van der Waals surface area (Å²) in [6.07, 6.45) is 3.50. The van der Waals surface area contributed by atoms with Gasteiger partial charge in [0.15, 0.2) is 0 Å². The number of aromatic nitrogens is 1. The van der Waals surface area contributed by atoms with Crippen LogP contribution >= 0.6 is 11.6 Å². The maximum Gasteiger partial charge on any atom is 0.319 e. The molecule has 0 atom stereocenters. The van der Waals surface area contributed by atoms with Crippen molar-refractivity contribution >= 4 is 23.3 Å². The highest BCUT2D eigenvalue weighted by Gasteiger charge is 2.01. The third-order valence-electron chi connectivity index (χ3n) is 2.54. The van der Waals surface area contributed by atoms with Crippen molar-refractivity contribution in [2.45, 2.75) is 0 Å². The van der Waals surface area contributed by atoms with Crippen LogP contribution in [0.15, 0.2) is 48.8 Å². The van der Waals surface area contributed by atoms with Gasteiger partial charge in [0.25, 0.3) is 0 Å². The molecule has 0 bridgehead atoms. The average Bonchev–Trinajstić information content (AvgIpc) is 2.47. The van der Waals surface area contributed by atoms with Crippen LogP contribution in [0.5, 0.6) is 0 Å². The number of nitrogens with one attached hydrogen (secondary N) is 2. The van der Waals surface area contributed by atoms with Crippen LogP contribution in [0.3, 0.4) is 0 Å². The molecule has 98 valence electrons. The van der Waals surface area contributed by atoms with E-state index < -0.39 is 0 Å². The molecule has 1 aromatic carbocycles. The predicted molar refractivity (Wildman–Crippen MR) is 77.4 cm³/mol. The molecule has 0 fully saturated rings. The standard InChI is InChI=1S/C14H14ClN3O/c15-7-10-17-14(19)18-13-3-1-11(2-4-13)12-5-8-16-9-6-12/h1-6,8-9H,7,10H2,(H2,17,18,19). The van der Waals surface area contributed by atoms with E-state index in [1.165, 1.54) is 0 Å². The van der Waals surface area contributed by atoms with E-state index in [9.17, 15) is 4.79 Å². The lowest BCUT2D eigenvalue weighted by molar-refractivity contribution is 0.252. The summed E-state index contributed by atoms with van der Waals surface area (Å²) in [5, 5.41) is 5.37. The van der Waals surface area contributed by atoms with E-state index in [0.29, 0.717) is 12.4 Å². The Kier molecular flexibility index (Phi) is 4.75. The summed E-state index contributed by atoms with van der Waals surface area (Å²) in [4.78, 5) is 15.4. The van der Waals surface area contributed by atoms with Gasteiger partial charge in [-0.15, -0.1) is 11.6 Å². The SMILES string of the molecule is O=C(NCCCl)Nc1ccc(-c2ccncc2)cc1. The Labute approximate surface area is 116 Å². The van der Waals surface area contributed by atoms with Gasteiger partial charge >= 0.3 is 6.03 Å². The van der Waals surface area contributed by atoms with Crippen LogP contribution in [0.25, 0.3) is 11.1 Å². The van der Waals surface area contributed by atoms with Crippen molar-refractivity contribution in [2.24, 2.45) is 0 Å².